The number of sulfonamides is 1. The van der Waals surface area contributed by atoms with E-state index in [1.807, 2.05) is 0 Å². The number of ether oxygens (including phenoxy) is 1. The highest BCUT2D eigenvalue weighted by Gasteiger charge is 2.35. The Labute approximate surface area is 128 Å². The molecule has 120 valence electrons. The van der Waals surface area contributed by atoms with Crippen LogP contribution in [0.1, 0.15) is 29.4 Å². The summed E-state index contributed by atoms with van der Waals surface area (Å²) in [6.45, 7) is 5.70. The van der Waals surface area contributed by atoms with Crippen molar-refractivity contribution in [3.8, 4) is 0 Å². The lowest BCUT2D eigenvalue weighted by atomic mass is 10.3. The van der Waals surface area contributed by atoms with Gasteiger partial charge in [-0.15, -0.1) is 10.2 Å². The summed E-state index contributed by atoms with van der Waals surface area (Å²) in [5, 5.41) is 7.64. The van der Waals surface area contributed by atoms with Crippen LogP contribution in [0, 0.1) is 20.8 Å². The second kappa shape index (κ2) is 5.49. The van der Waals surface area contributed by atoms with Crippen LogP contribution in [-0.4, -0.2) is 42.6 Å². The van der Waals surface area contributed by atoms with E-state index in [-0.39, 0.29) is 30.5 Å². The van der Waals surface area contributed by atoms with Crippen LogP contribution in [0.25, 0.3) is 0 Å². The molecule has 9 heteroatoms. The Morgan fingerprint density at radius 2 is 2.00 bits per heavy atom. The maximum atomic E-state index is 12.7. The topological polar surface area (TPSA) is 98.7 Å². The molecule has 8 nitrogen and oxygen atoms in total. The van der Waals surface area contributed by atoms with Crippen LogP contribution in [0.5, 0.6) is 0 Å². The third-order valence-electron chi connectivity index (χ3n) is 3.46. The Balaban J connectivity index is 1.86. The van der Waals surface area contributed by atoms with E-state index in [0.717, 1.165) is 0 Å². The number of hydrogen-bond acceptors (Lipinski definition) is 7. The lowest BCUT2D eigenvalue weighted by Crippen LogP contribution is -2.42. The van der Waals surface area contributed by atoms with E-state index >= 15 is 0 Å². The van der Waals surface area contributed by atoms with Gasteiger partial charge in [0.15, 0.2) is 0 Å². The van der Waals surface area contributed by atoms with Crippen molar-refractivity contribution in [2.75, 3.05) is 19.7 Å². The first-order chi connectivity index (χ1) is 10.4. The SMILES string of the molecule is Cc1cc(S(=O)(=O)N2CCOC(c3nnc(C)o3)C2)c(C)o1. The van der Waals surface area contributed by atoms with Gasteiger partial charge in [0.05, 0.1) is 6.61 Å². The maximum absolute atomic E-state index is 12.7. The highest BCUT2D eigenvalue weighted by Crippen LogP contribution is 2.28. The molecule has 22 heavy (non-hydrogen) atoms. The fourth-order valence-electron chi connectivity index (χ4n) is 2.44. The minimum absolute atomic E-state index is 0.133. The normalized spacial score (nSPS) is 20.4. The largest absolute Gasteiger partial charge is 0.465 e. The molecule has 0 spiro atoms. The minimum atomic E-state index is -3.64. The zero-order valence-electron chi connectivity index (χ0n) is 12.6. The molecule has 3 rings (SSSR count). The van der Waals surface area contributed by atoms with Crippen molar-refractivity contribution in [1.82, 2.24) is 14.5 Å². The Morgan fingerprint density at radius 3 is 2.59 bits per heavy atom. The molecule has 1 atom stereocenters. The van der Waals surface area contributed by atoms with Gasteiger partial charge >= 0.3 is 0 Å². The third-order valence-corrected chi connectivity index (χ3v) is 5.43. The summed E-state index contributed by atoms with van der Waals surface area (Å²) >= 11 is 0. The second-order valence-electron chi connectivity index (χ2n) is 5.16. The highest BCUT2D eigenvalue weighted by molar-refractivity contribution is 7.89. The van der Waals surface area contributed by atoms with Gasteiger partial charge in [0.2, 0.25) is 21.8 Å². The van der Waals surface area contributed by atoms with Gasteiger partial charge in [0.1, 0.15) is 22.5 Å². The quantitative estimate of drug-likeness (QED) is 0.839. The molecule has 1 aliphatic rings. The summed E-state index contributed by atoms with van der Waals surface area (Å²) in [4.78, 5) is 0.187. The van der Waals surface area contributed by atoms with Gasteiger partial charge in [-0.25, -0.2) is 8.42 Å². The number of aryl methyl sites for hydroxylation is 3. The van der Waals surface area contributed by atoms with Crippen LogP contribution in [0.2, 0.25) is 0 Å². The number of hydrogen-bond donors (Lipinski definition) is 0. The number of morpholine rings is 1. The van der Waals surface area contributed by atoms with Crippen molar-refractivity contribution in [3.05, 3.63) is 29.4 Å². The Morgan fingerprint density at radius 1 is 1.23 bits per heavy atom. The molecule has 0 N–H and O–H groups in total. The molecule has 2 aromatic rings. The summed E-state index contributed by atoms with van der Waals surface area (Å²) in [6, 6.07) is 1.53. The monoisotopic (exact) mass is 327 g/mol. The third kappa shape index (κ3) is 2.67. The van der Waals surface area contributed by atoms with Crippen molar-refractivity contribution in [2.24, 2.45) is 0 Å². The van der Waals surface area contributed by atoms with Crippen LogP contribution in [0.3, 0.4) is 0 Å². The van der Waals surface area contributed by atoms with Gasteiger partial charge in [0.25, 0.3) is 0 Å². The Kier molecular flexibility index (Phi) is 3.79. The lowest BCUT2D eigenvalue weighted by Gasteiger charge is -2.30. The van der Waals surface area contributed by atoms with Gasteiger partial charge in [-0.1, -0.05) is 0 Å². The molecule has 1 unspecified atom stereocenters. The molecule has 0 saturated carbocycles. The molecular weight excluding hydrogens is 310 g/mol. The van der Waals surface area contributed by atoms with Gasteiger partial charge in [-0.3, -0.25) is 0 Å². The van der Waals surface area contributed by atoms with Crippen molar-refractivity contribution >= 4 is 10.0 Å². The second-order valence-corrected chi connectivity index (χ2v) is 7.07. The van der Waals surface area contributed by atoms with Gasteiger partial charge < -0.3 is 13.6 Å². The average molecular weight is 327 g/mol. The summed E-state index contributed by atoms with van der Waals surface area (Å²) in [6.07, 6.45) is -0.557. The number of nitrogens with zero attached hydrogens (tertiary/aromatic N) is 3. The molecule has 2 aromatic heterocycles. The summed E-state index contributed by atoms with van der Waals surface area (Å²) in [5.41, 5.74) is 0. The molecule has 0 bridgehead atoms. The first-order valence-corrected chi connectivity index (χ1v) is 8.30. The minimum Gasteiger partial charge on any atom is -0.465 e. The zero-order valence-corrected chi connectivity index (χ0v) is 13.4. The fourth-order valence-corrected chi connectivity index (χ4v) is 4.08. The van der Waals surface area contributed by atoms with E-state index in [4.69, 9.17) is 13.6 Å². The van der Waals surface area contributed by atoms with Crippen molar-refractivity contribution < 1.29 is 22.0 Å². The predicted octanol–water partition coefficient (Wildman–Crippen LogP) is 1.35. The van der Waals surface area contributed by atoms with Gasteiger partial charge in [0, 0.05) is 20.0 Å². The molecule has 0 amide bonds. The summed E-state index contributed by atoms with van der Waals surface area (Å²) in [7, 11) is -3.64. The molecule has 3 heterocycles. The van der Waals surface area contributed by atoms with Crippen molar-refractivity contribution in [1.29, 1.82) is 0 Å². The molecule has 1 fully saturated rings. The van der Waals surface area contributed by atoms with Gasteiger partial charge in [-0.2, -0.15) is 4.31 Å². The number of rotatable bonds is 3. The van der Waals surface area contributed by atoms with Crippen molar-refractivity contribution in [3.63, 3.8) is 0 Å². The van der Waals surface area contributed by atoms with Crippen LogP contribution in [-0.2, 0) is 14.8 Å². The highest BCUT2D eigenvalue weighted by atomic mass is 32.2. The van der Waals surface area contributed by atoms with Crippen LogP contribution in [0.15, 0.2) is 19.8 Å². The van der Waals surface area contributed by atoms with E-state index in [2.05, 4.69) is 10.2 Å². The van der Waals surface area contributed by atoms with E-state index < -0.39 is 16.1 Å². The Hall–Kier alpha value is -1.71. The molecule has 1 aliphatic heterocycles. The van der Waals surface area contributed by atoms with Crippen LogP contribution >= 0.6 is 0 Å². The van der Waals surface area contributed by atoms with E-state index in [9.17, 15) is 8.42 Å². The summed E-state index contributed by atoms with van der Waals surface area (Å²) in [5.74, 6) is 1.65. The fraction of sp³-hybridized carbons (Fsp3) is 0.538. The standard InChI is InChI=1S/C13H17N3O5S/c1-8-6-12(9(2)20-8)22(17,18)16-4-5-19-11(7-16)13-15-14-10(3)21-13/h6,11H,4-5,7H2,1-3H3. The van der Waals surface area contributed by atoms with E-state index in [0.29, 0.717) is 17.4 Å². The molecule has 0 aliphatic carbocycles. The molecular formula is C13H17N3O5S. The predicted molar refractivity (Wildman–Crippen MR) is 74.7 cm³/mol. The van der Waals surface area contributed by atoms with Crippen molar-refractivity contribution in [2.45, 2.75) is 31.8 Å². The van der Waals surface area contributed by atoms with Crippen LogP contribution in [0.4, 0.5) is 0 Å². The summed E-state index contributed by atoms with van der Waals surface area (Å²) < 4.78 is 43.1. The maximum Gasteiger partial charge on any atom is 0.246 e. The molecule has 0 radical (unpaired) electrons. The van der Waals surface area contributed by atoms with Gasteiger partial charge in [-0.05, 0) is 19.9 Å². The zero-order chi connectivity index (χ0) is 15.9. The first kappa shape index (κ1) is 15.2. The van der Waals surface area contributed by atoms with E-state index in [1.54, 1.807) is 20.8 Å². The molecule has 1 saturated heterocycles. The Bertz CT molecular complexity index is 779. The molecule has 0 aromatic carbocycles. The smallest absolute Gasteiger partial charge is 0.246 e. The first-order valence-electron chi connectivity index (χ1n) is 6.86. The number of aromatic nitrogens is 2. The number of furan rings is 1. The average Bonchev–Trinajstić information content (AvgIpc) is 3.05. The lowest BCUT2D eigenvalue weighted by molar-refractivity contribution is -0.0177. The van der Waals surface area contributed by atoms with Crippen LogP contribution < -0.4 is 0 Å². The van der Waals surface area contributed by atoms with E-state index in [1.165, 1.54) is 10.4 Å².